The summed E-state index contributed by atoms with van der Waals surface area (Å²) >= 11 is 0. The Morgan fingerprint density at radius 1 is 0.882 bits per heavy atom. The van der Waals surface area contributed by atoms with Crippen LogP contribution in [-0.2, 0) is 4.79 Å². The van der Waals surface area contributed by atoms with Crippen molar-refractivity contribution in [1.82, 2.24) is 5.32 Å². The number of carbonyl (C=O) groups excluding carboxylic acids is 1. The van der Waals surface area contributed by atoms with Crippen molar-refractivity contribution in [2.75, 3.05) is 13.1 Å². The third-order valence-electron chi connectivity index (χ3n) is 7.79. The molecule has 0 aliphatic carbocycles. The number of nitrogens with zero attached hydrogens (tertiary/aromatic N) is 2. The Bertz CT molecular complexity index is 559. The highest BCUT2D eigenvalue weighted by atomic mass is 16.1. The second kappa shape index (κ2) is 20.1. The number of allylic oxidation sites excluding steroid dienone is 2. The molecule has 0 fully saturated rings. The molecule has 0 bridgehead atoms. The van der Waals surface area contributed by atoms with Crippen LogP contribution in [0.4, 0.5) is 0 Å². The number of hydrogen-bond acceptors (Lipinski definition) is 2. The zero-order chi connectivity index (χ0) is 24.9. The highest BCUT2D eigenvalue weighted by molar-refractivity contribution is 5.73. The quantitative estimate of drug-likeness (QED) is 0.0952. The van der Waals surface area contributed by atoms with E-state index < -0.39 is 0 Å². The van der Waals surface area contributed by atoms with Gasteiger partial charge in [0.2, 0.25) is 5.91 Å². The highest BCUT2D eigenvalue weighted by Gasteiger charge is 2.42. The lowest BCUT2D eigenvalue weighted by Crippen LogP contribution is -2.63. The van der Waals surface area contributed by atoms with Gasteiger partial charge in [-0.15, -0.1) is 0 Å². The van der Waals surface area contributed by atoms with E-state index in [1.54, 1.807) is 6.92 Å². The van der Waals surface area contributed by atoms with Gasteiger partial charge < -0.3 is 5.32 Å². The molecule has 1 aliphatic rings. The van der Waals surface area contributed by atoms with Gasteiger partial charge in [-0.25, -0.2) is 4.99 Å². The van der Waals surface area contributed by atoms with Crippen molar-refractivity contribution in [2.24, 2.45) is 4.99 Å². The number of aliphatic imine (C=N–C) groups is 1. The lowest BCUT2D eigenvalue weighted by Gasteiger charge is -2.42. The van der Waals surface area contributed by atoms with Gasteiger partial charge in [-0.1, -0.05) is 96.1 Å². The van der Waals surface area contributed by atoms with Crippen LogP contribution in [0.2, 0.25) is 0 Å². The topological polar surface area (TPSA) is 41.5 Å². The number of rotatable bonds is 22. The molecule has 1 N–H and O–H groups in total. The van der Waals surface area contributed by atoms with Crippen molar-refractivity contribution in [3.05, 3.63) is 12.2 Å². The van der Waals surface area contributed by atoms with Crippen LogP contribution in [0.3, 0.4) is 0 Å². The molecule has 1 aliphatic heterocycles. The summed E-state index contributed by atoms with van der Waals surface area (Å²) in [6, 6.07) is 0. The number of hydrogen-bond donors (Lipinski definition) is 1. The minimum absolute atomic E-state index is 0.0562. The summed E-state index contributed by atoms with van der Waals surface area (Å²) in [5.74, 6) is 0.0562. The maximum absolute atomic E-state index is 11.6. The molecule has 0 aromatic rings. The molecule has 1 amide bonds. The summed E-state index contributed by atoms with van der Waals surface area (Å²) in [6.07, 6.45) is 31.7. The zero-order valence-electron chi connectivity index (χ0n) is 23.3. The normalized spacial score (nSPS) is 20.9. The molecule has 0 spiro atoms. The monoisotopic (exact) mass is 476 g/mol. The molecule has 34 heavy (non-hydrogen) atoms. The van der Waals surface area contributed by atoms with Gasteiger partial charge in [-0.3, -0.25) is 9.28 Å². The van der Waals surface area contributed by atoms with Crippen molar-refractivity contribution >= 4 is 12.1 Å². The van der Waals surface area contributed by atoms with Gasteiger partial charge in [0.05, 0.1) is 12.8 Å². The summed E-state index contributed by atoms with van der Waals surface area (Å²) in [5.41, 5.74) is 0. The first kappa shape index (κ1) is 30.9. The third kappa shape index (κ3) is 13.1. The number of unbranched alkanes of at least 4 members (excludes halogenated alkanes) is 15. The summed E-state index contributed by atoms with van der Waals surface area (Å²) in [4.78, 5) is 16.3. The molecule has 0 radical (unpaired) electrons. The van der Waals surface area contributed by atoms with Crippen molar-refractivity contribution in [1.29, 1.82) is 0 Å². The fraction of sp³-hybridized carbons (Fsp3) is 0.867. The summed E-state index contributed by atoms with van der Waals surface area (Å²) < 4.78 is 0.876. The number of quaternary nitrogens is 1. The first-order valence-corrected chi connectivity index (χ1v) is 14.9. The largest absolute Gasteiger partial charge is 0.307 e. The molecule has 0 aromatic carbocycles. The van der Waals surface area contributed by atoms with Gasteiger partial charge in [0.25, 0.3) is 0 Å². The van der Waals surface area contributed by atoms with E-state index in [1.165, 1.54) is 109 Å². The van der Waals surface area contributed by atoms with Crippen molar-refractivity contribution in [2.45, 2.75) is 156 Å². The summed E-state index contributed by atoms with van der Waals surface area (Å²) in [6.45, 7) is 10.2. The van der Waals surface area contributed by atoms with Crippen LogP contribution in [0.5, 0.6) is 0 Å². The number of carbonyl (C=O) groups is 1. The molecule has 0 aromatic heterocycles. The van der Waals surface area contributed by atoms with Crippen LogP contribution in [0.1, 0.15) is 143 Å². The van der Waals surface area contributed by atoms with Crippen LogP contribution in [0.25, 0.3) is 0 Å². The fourth-order valence-corrected chi connectivity index (χ4v) is 5.46. The van der Waals surface area contributed by atoms with E-state index in [2.05, 4.69) is 44.5 Å². The Kier molecular flexibility index (Phi) is 18.2. The van der Waals surface area contributed by atoms with Gasteiger partial charge in [0.1, 0.15) is 6.54 Å². The predicted molar refractivity (Wildman–Crippen MR) is 149 cm³/mol. The van der Waals surface area contributed by atoms with Crippen molar-refractivity contribution in [3.8, 4) is 0 Å². The minimum atomic E-state index is 0.0562. The highest BCUT2D eigenvalue weighted by Crippen LogP contribution is 2.27. The summed E-state index contributed by atoms with van der Waals surface area (Å²) in [5, 5.41) is 3.11. The number of nitrogens with one attached hydrogen (secondary N) is 1. The van der Waals surface area contributed by atoms with Gasteiger partial charge in [-0.05, 0) is 39.0 Å². The van der Waals surface area contributed by atoms with Gasteiger partial charge >= 0.3 is 0 Å². The predicted octanol–water partition coefficient (Wildman–Crippen LogP) is 8.31. The van der Waals surface area contributed by atoms with Crippen LogP contribution in [0, 0.1) is 0 Å². The van der Waals surface area contributed by atoms with Crippen molar-refractivity contribution in [3.63, 3.8) is 0 Å². The Hall–Kier alpha value is -1.16. The average molecular weight is 477 g/mol. The van der Waals surface area contributed by atoms with Crippen molar-refractivity contribution < 1.29 is 9.28 Å². The van der Waals surface area contributed by atoms with Crippen LogP contribution < -0.4 is 5.32 Å². The average Bonchev–Trinajstić information content (AvgIpc) is 3.24. The fourth-order valence-electron chi connectivity index (χ4n) is 5.46. The van der Waals surface area contributed by atoms with E-state index in [0.29, 0.717) is 6.17 Å². The minimum Gasteiger partial charge on any atom is -0.307 e. The standard InChI is InChI=1S/C30H57N3O/c1-5-7-8-9-10-11-12-13-14-15-16-17-18-19-20-21-22-23-24-25-30-31-26-27-33(30,6-2)28(3)32-29(4)34/h18-19,26,28,30H,5-17,20-25,27H2,1-4H3/p+1/b19-18+. The molecular weight excluding hydrogens is 418 g/mol. The lowest BCUT2D eigenvalue weighted by molar-refractivity contribution is -0.959. The molecule has 0 saturated carbocycles. The number of amides is 1. The Morgan fingerprint density at radius 2 is 1.38 bits per heavy atom. The van der Waals surface area contributed by atoms with Crippen LogP contribution >= 0.6 is 0 Å². The molecule has 0 saturated heterocycles. The van der Waals surface area contributed by atoms with E-state index in [9.17, 15) is 4.79 Å². The molecule has 1 rings (SSSR count). The smallest absolute Gasteiger partial charge is 0.221 e. The maximum atomic E-state index is 11.6. The molecule has 3 unspecified atom stereocenters. The van der Waals surface area contributed by atoms with E-state index in [1.807, 2.05) is 0 Å². The van der Waals surface area contributed by atoms with Gasteiger partial charge in [-0.2, -0.15) is 0 Å². The Morgan fingerprint density at radius 3 is 1.88 bits per heavy atom. The second-order valence-corrected chi connectivity index (χ2v) is 10.6. The maximum Gasteiger partial charge on any atom is 0.221 e. The zero-order valence-corrected chi connectivity index (χ0v) is 23.3. The molecule has 198 valence electrons. The Balaban J connectivity index is 1.97. The first-order chi connectivity index (χ1) is 16.6. The van der Waals surface area contributed by atoms with E-state index in [0.717, 1.165) is 24.0 Å². The van der Waals surface area contributed by atoms with Gasteiger partial charge in [0, 0.05) is 20.3 Å². The van der Waals surface area contributed by atoms with Crippen LogP contribution in [0.15, 0.2) is 17.1 Å². The van der Waals surface area contributed by atoms with E-state index >= 15 is 0 Å². The second-order valence-electron chi connectivity index (χ2n) is 10.6. The van der Waals surface area contributed by atoms with E-state index in [4.69, 9.17) is 4.99 Å². The first-order valence-electron chi connectivity index (χ1n) is 14.9. The Labute approximate surface area is 212 Å². The van der Waals surface area contributed by atoms with E-state index in [-0.39, 0.29) is 12.1 Å². The lowest BCUT2D eigenvalue weighted by atomic mass is 10.0. The molecule has 4 nitrogen and oxygen atoms in total. The summed E-state index contributed by atoms with van der Waals surface area (Å²) in [7, 11) is 0. The molecule has 4 heteroatoms. The third-order valence-corrected chi connectivity index (χ3v) is 7.79. The SMILES string of the molecule is CCCCCCCCCCCCC/C=C/CCCCCCC1N=CC[N+]1(CC)C(C)NC(C)=O. The van der Waals surface area contributed by atoms with Gasteiger partial charge in [0.15, 0.2) is 12.3 Å². The van der Waals surface area contributed by atoms with Crippen LogP contribution in [-0.4, -0.2) is 42.0 Å². The molecule has 3 atom stereocenters. The molecule has 1 heterocycles. The molecular formula is C30H58N3O+.